The maximum absolute atomic E-state index is 13.3. The lowest BCUT2D eigenvalue weighted by Gasteiger charge is -2.12. The van der Waals surface area contributed by atoms with Gasteiger partial charge in [0.25, 0.3) is 0 Å². The van der Waals surface area contributed by atoms with Crippen LogP contribution < -0.4 is 14.2 Å². The number of nitrogens with zero attached hydrogens (tertiary/aromatic N) is 2. The zero-order chi connectivity index (χ0) is 22.8. The van der Waals surface area contributed by atoms with Crippen molar-refractivity contribution in [3.63, 3.8) is 0 Å². The van der Waals surface area contributed by atoms with Crippen molar-refractivity contribution in [2.45, 2.75) is 6.18 Å². The highest BCUT2D eigenvalue weighted by atomic mass is 19.4. The number of esters is 1. The number of benzene rings is 1. The number of hydrogen-bond donors (Lipinski definition) is 0. The Kier molecular flexibility index (Phi) is 5.81. The molecule has 0 atom stereocenters. The fraction of sp³-hybridized carbons (Fsp3) is 0.158. The van der Waals surface area contributed by atoms with E-state index in [0.717, 1.165) is 36.7 Å². The molecule has 162 valence electrons. The SMILES string of the molecule is COc1cc(OC(=O)c2ccoc2-c2cccnc2C(F)(F)F)cc([N+](=O)[O-])c1OC. The third kappa shape index (κ3) is 4.27. The topological polar surface area (TPSA) is 114 Å². The number of ether oxygens (including phenoxy) is 3. The van der Waals surface area contributed by atoms with E-state index in [-0.39, 0.29) is 22.8 Å². The number of carbonyl (C=O) groups is 1. The van der Waals surface area contributed by atoms with E-state index in [2.05, 4.69) is 4.98 Å². The summed E-state index contributed by atoms with van der Waals surface area (Å²) in [5.74, 6) is -2.09. The van der Waals surface area contributed by atoms with Gasteiger partial charge in [-0.2, -0.15) is 13.2 Å². The van der Waals surface area contributed by atoms with Crippen LogP contribution >= 0.6 is 0 Å². The van der Waals surface area contributed by atoms with Gasteiger partial charge in [0.15, 0.2) is 17.2 Å². The lowest BCUT2D eigenvalue weighted by atomic mass is 10.1. The van der Waals surface area contributed by atoms with E-state index >= 15 is 0 Å². The molecule has 2 aromatic heterocycles. The summed E-state index contributed by atoms with van der Waals surface area (Å²) in [6, 6.07) is 5.53. The molecule has 0 radical (unpaired) electrons. The molecule has 0 bridgehead atoms. The van der Waals surface area contributed by atoms with Crippen LogP contribution in [-0.2, 0) is 6.18 Å². The molecule has 3 rings (SSSR count). The molecule has 0 fully saturated rings. The number of alkyl halides is 3. The van der Waals surface area contributed by atoms with Crippen molar-refractivity contribution in [1.29, 1.82) is 0 Å². The molecule has 0 aliphatic heterocycles. The first kappa shape index (κ1) is 21.6. The Morgan fingerprint density at radius 2 is 1.94 bits per heavy atom. The van der Waals surface area contributed by atoms with Gasteiger partial charge in [0.2, 0.25) is 5.75 Å². The van der Waals surface area contributed by atoms with E-state index < -0.39 is 39.8 Å². The summed E-state index contributed by atoms with van der Waals surface area (Å²) >= 11 is 0. The van der Waals surface area contributed by atoms with Crippen LogP contribution in [0.25, 0.3) is 11.3 Å². The lowest BCUT2D eigenvalue weighted by Crippen LogP contribution is -2.12. The molecule has 2 heterocycles. The van der Waals surface area contributed by atoms with Crippen molar-refractivity contribution in [2.75, 3.05) is 14.2 Å². The minimum absolute atomic E-state index is 0.0847. The molecule has 12 heteroatoms. The second-order valence-electron chi connectivity index (χ2n) is 5.89. The Hall–Kier alpha value is -4.09. The highest BCUT2D eigenvalue weighted by molar-refractivity contribution is 5.97. The standard InChI is InChI=1S/C19H13F3N2O7/c1-28-14-9-10(8-13(24(26)27)16(14)29-2)31-18(25)12-5-7-30-15(12)11-4-3-6-23-17(11)19(20,21)22/h3-9H,1-2H3. The van der Waals surface area contributed by atoms with Crippen LogP contribution in [0.1, 0.15) is 16.1 Å². The summed E-state index contributed by atoms with van der Waals surface area (Å²) < 4.78 is 60.0. The number of hydrogen-bond acceptors (Lipinski definition) is 8. The Balaban J connectivity index is 2.01. The molecule has 0 amide bonds. The maximum Gasteiger partial charge on any atom is 0.434 e. The zero-order valence-corrected chi connectivity index (χ0v) is 15.9. The van der Waals surface area contributed by atoms with Crippen molar-refractivity contribution in [3.8, 4) is 28.6 Å². The third-order valence-corrected chi connectivity index (χ3v) is 4.05. The van der Waals surface area contributed by atoms with Gasteiger partial charge in [0.05, 0.1) is 31.5 Å². The second kappa shape index (κ2) is 8.34. The Morgan fingerprint density at radius 1 is 1.19 bits per heavy atom. The Bertz CT molecular complexity index is 1140. The summed E-state index contributed by atoms with van der Waals surface area (Å²) in [5.41, 5.74) is -2.59. The van der Waals surface area contributed by atoms with Crippen LogP contribution in [0.3, 0.4) is 0 Å². The van der Waals surface area contributed by atoms with Crippen LogP contribution in [0.5, 0.6) is 17.2 Å². The Labute approximate surface area is 172 Å². The monoisotopic (exact) mass is 438 g/mol. The number of rotatable bonds is 6. The van der Waals surface area contributed by atoms with Crippen LogP contribution in [0, 0.1) is 10.1 Å². The number of aromatic nitrogens is 1. The molecular formula is C19H13F3N2O7. The van der Waals surface area contributed by atoms with Crippen LogP contribution in [-0.4, -0.2) is 30.1 Å². The van der Waals surface area contributed by atoms with Crippen LogP contribution in [0.2, 0.25) is 0 Å². The summed E-state index contributed by atoms with van der Waals surface area (Å²) in [6.45, 7) is 0. The van der Waals surface area contributed by atoms with E-state index in [0.29, 0.717) is 0 Å². The van der Waals surface area contributed by atoms with Gasteiger partial charge in [0.1, 0.15) is 11.3 Å². The van der Waals surface area contributed by atoms with Gasteiger partial charge < -0.3 is 18.6 Å². The lowest BCUT2D eigenvalue weighted by molar-refractivity contribution is -0.385. The molecule has 3 aromatic rings. The maximum atomic E-state index is 13.3. The van der Waals surface area contributed by atoms with Gasteiger partial charge in [-0.15, -0.1) is 0 Å². The fourth-order valence-electron chi connectivity index (χ4n) is 2.77. The van der Waals surface area contributed by atoms with Crippen molar-refractivity contribution in [1.82, 2.24) is 4.98 Å². The minimum atomic E-state index is -4.80. The quantitative estimate of drug-likeness (QED) is 0.239. The van der Waals surface area contributed by atoms with Gasteiger partial charge in [-0.1, -0.05) is 0 Å². The van der Waals surface area contributed by atoms with E-state index in [4.69, 9.17) is 18.6 Å². The average molecular weight is 438 g/mol. The highest BCUT2D eigenvalue weighted by Crippen LogP contribution is 2.41. The van der Waals surface area contributed by atoms with Gasteiger partial charge in [0, 0.05) is 17.8 Å². The summed E-state index contributed by atoms with van der Waals surface area (Å²) in [6.07, 6.45) is -2.83. The first-order valence-electron chi connectivity index (χ1n) is 8.40. The van der Waals surface area contributed by atoms with Crippen molar-refractivity contribution < 1.29 is 41.5 Å². The van der Waals surface area contributed by atoms with E-state index in [9.17, 15) is 28.1 Å². The number of nitro benzene ring substituents is 1. The van der Waals surface area contributed by atoms with E-state index in [1.54, 1.807) is 0 Å². The zero-order valence-electron chi connectivity index (χ0n) is 15.9. The summed E-state index contributed by atoms with van der Waals surface area (Å²) in [7, 11) is 2.42. The number of carbonyl (C=O) groups excluding carboxylic acids is 1. The second-order valence-corrected chi connectivity index (χ2v) is 5.89. The number of pyridine rings is 1. The first-order valence-corrected chi connectivity index (χ1v) is 8.40. The normalized spacial score (nSPS) is 11.1. The summed E-state index contributed by atoms with van der Waals surface area (Å²) in [5, 5.41) is 11.3. The van der Waals surface area contributed by atoms with Gasteiger partial charge in [-0.25, -0.2) is 4.79 Å². The largest absolute Gasteiger partial charge is 0.492 e. The van der Waals surface area contributed by atoms with Crippen molar-refractivity contribution in [3.05, 3.63) is 64.2 Å². The molecule has 0 saturated heterocycles. The number of furan rings is 1. The third-order valence-electron chi connectivity index (χ3n) is 4.05. The predicted octanol–water partition coefficient (Wildman–Crippen LogP) is 4.51. The molecule has 31 heavy (non-hydrogen) atoms. The van der Waals surface area contributed by atoms with Crippen LogP contribution in [0.15, 0.2) is 47.2 Å². The molecule has 0 saturated carbocycles. The van der Waals surface area contributed by atoms with E-state index in [1.165, 1.54) is 20.3 Å². The smallest absolute Gasteiger partial charge is 0.434 e. The summed E-state index contributed by atoms with van der Waals surface area (Å²) in [4.78, 5) is 26.5. The molecule has 0 unspecified atom stereocenters. The highest BCUT2D eigenvalue weighted by Gasteiger charge is 2.37. The Morgan fingerprint density at radius 3 is 2.55 bits per heavy atom. The molecule has 9 nitrogen and oxygen atoms in total. The molecule has 0 spiro atoms. The first-order chi connectivity index (χ1) is 14.7. The van der Waals surface area contributed by atoms with Crippen molar-refractivity contribution >= 4 is 11.7 Å². The van der Waals surface area contributed by atoms with Gasteiger partial charge >= 0.3 is 17.8 Å². The average Bonchev–Trinajstić information content (AvgIpc) is 3.22. The minimum Gasteiger partial charge on any atom is -0.492 e. The predicted molar refractivity (Wildman–Crippen MR) is 98.1 cm³/mol. The molecule has 1 aromatic carbocycles. The van der Waals surface area contributed by atoms with Gasteiger partial charge in [-0.05, 0) is 18.2 Å². The molecule has 0 N–H and O–H groups in total. The van der Waals surface area contributed by atoms with Crippen molar-refractivity contribution in [2.24, 2.45) is 0 Å². The number of nitro groups is 1. The van der Waals surface area contributed by atoms with E-state index in [1.807, 2.05) is 0 Å². The molecular weight excluding hydrogens is 425 g/mol. The molecule has 0 aliphatic rings. The fourth-order valence-corrected chi connectivity index (χ4v) is 2.77. The van der Waals surface area contributed by atoms with Crippen LogP contribution in [0.4, 0.5) is 18.9 Å². The van der Waals surface area contributed by atoms with Gasteiger partial charge in [-0.3, -0.25) is 15.1 Å². The number of methoxy groups -OCH3 is 2. The number of halogens is 3. The molecule has 0 aliphatic carbocycles.